The highest BCUT2D eigenvalue weighted by molar-refractivity contribution is 6.44. The summed E-state index contributed by atoms with van der Waals surface area (Å²) in [5.74, 6) is -1.09. The molecule has 1 heterocycles. The van der Waals surface area contributed by atoms with Gasteiger partial charge in [-0.05, 0) is 30.7 Å². The molecule has 0 radical (unpaired) electrons. The summed E-state index contributed by atoms with van der Waals surface area (Å²) >= 11 is 11.9. The molecule has 7 heteroatoms. The summed E-state index contributed by atoms with van der Waals surface area (Å²) in [5, 5.41) is 3.17. The van der Waals surface area contributed by atoms with Crippen molar-refractivity contribution >= 4 is 40.8 Å². The Morgan fingerprint density at radius 3 is 2.70 bits per heavy atom. The van der Waals surface area contributed by atoms with Crippen LogP contribution in [0.25, 0.3) is 0 Å². The largest absolute Gasteiger partial charge is 0.449 e. The maximum absolute atomic E-state index is 12.3. The van der Waals surface area contributed by atoms with Gasteiger partial charge in [0.25, 0.3) is 5.91 Å². The zero-order chi connectivity index (χ0) is 16.8. The molecular weight excluding hydrogens is 339 g/mol. The van der Waals surface area contributed by atoms with E-state index in [1.807, 2.05) is 0 Å². The van der Waals surface area contributed by atoms with Gasteiger partial charge in [0, 0.05) is 12.4 Å². The molecule has 0 bridgehead atoms. The summed E-state index contributed by atoms with van der Waals surface area (Å²) in [6, 6.07) is 8.06. The number of nitrogens with one attached hydrogen (secondary N) is 1. The highest BCUT2D eigenvalue weighted by Gasteiger charge is 2.23. The van der Waals surface area contributed by atoms with Crippen molar-refractivity contribution in [1.29, 1.82) is 0 Å². The van der Waals surface area contributed by atoms with Crippen LogP contribution in [0, 0.1) is 0 Å². The van der Waals surface area contributed by atoms with Gasteiger partial charge in [0.05, 0.1) is 21.3 Å². The Bertz CT molecular complexity index is 708. The van der Waals surface area contributed by atoms with Crippen molar-refractivity contribution in [3.05, 3.63) is 58.3 Å². The summed E-state index contributed by atoms with van der Waals surface area (Å²) in [4.78, 5) is 28.1. The van der Waals surface area contributed by atoms with Crippen molar-refractivity contribution < 1.29 is 14.3 Å². The van der Waals surface area contributed by atoms with Crippen LogP contribution in [-0.4, -0.2) is 23.0 Å². The molecule has 0 saturated heterocycles. The molecule has 23 heavy (non-hydrogen) atoms. The Kier molecular flexibility index (Phi) is 5.96. The number of halogens is 2. The fourth-order valence-electron chi connectivity index (χ4n) is 1.82. The quantitative estimate of drug-likeness (QED) is 0.826. The summed E-state index contributed by atoms with van der Waals surface area (Å²) in [7, 11) is 0. The number of carbonyl (C=O) groups excluding carboxylic acids is 2. The van der Waals surface area contributed by atoms with Crippen LogP contribution < -0.4 is 5.32 Å². The van der Waals surface area contributed by atoms with Gasteiger partial charge in [-0.1, -0.05) is 36.2 Å². The number of carbonyl (C=O) groups is 2. The third kappa shape index (κ3) is 4.43. The molecule has 1 atom stereocenters. The van der Waals surface area contributed by atoms with Gasteiger partial charge in [0.1, 0.15) is 0 Å². The van der Waals surface area contributed by atoms with Crippen LogP contribution in [-0.2, 0) is 9.53 Å². The Morgan fingerprint density at radius 1 is 1.26 bits per heavy atom. The number of nitrogens with zero attached hydrogens (tertiary/aromatic N) is 1. The molecule has 0 aliphatic heterocycles. The van der Waals surface area contributed by atoms with Crippen LogP contribution in [0.15, 0.2) is 42.7 Å². The van der Waals surface area contributed by atoms with E-state index in [9.17, 15) is 9.59 Å². The smallest absolute Gasteiger partial charge is 0.340 e. The van der Waals surface area contributed by atoms with E-state index < -0.39 is 18.0 Å². The van der Waals surface area contributed by atoms with Gasteiger partial charge in [-0.3, -0.25) is 9.78 Å². The van der Waals surface area contributed by atoms with Crippen molar-refractivity contribution in [2.24, 2.45) is 0 Å². The number of pyridine rings is 1. The van der Waals surface area contributed by atoms with E-state index in [2.05, 4.69) is 10.3 Å². The zero-order valence-electron chi connectivity index (χ0n) is 12.3. The van der Waals surface area contributed by atoms with Crippen LogP contribution in [0.5, 0.6) is 0 Å². The summed E-state index contributed by atoms with van der Waals surface area (Å²) < 4.78 is 5.22. The minimum atomic E-state index is -0.947. The maximum Gasteiger partial charge on any atom is 0.340 e. The normalized spacial score (nSPS) is 11.6. The first-order chi connectivity index (χ1) is 11.0. The topological polar surface area (TPSA) is 68.3 Å². The number of anilines is 1. The standard InChI is InChI=1S/C16H14Cl2N2O3/c1-2-13(23-16(22)10-5-4-8-19-9-10)15(21)20-12-7-3-6-11(17)14(12)18/h3-9,13H,2H2,1H3,(H,20,21). The SMILES string of the molecule is CCC(OC(=O)c1cccnc1)C(=O)Nc1cccc(Cl)c1Cl. The van der Waals surface area contributed by atoms with E-state index in [0.29, 0.717) is 17.1 Å². The molecule has 0 fully saturated rings. The number of amides is 1. The van der Waals surface area contributed by atoms with Crippen molar-refractivity contribution in [3.63, 3.8) is 0 Å². The van der Waals surface area contributed by atoms with E-state index in [4.69, 9.17) is 27.9 Å². The lowest BCUT2D eigenvalue weighted by molar-refractivity contribution is -0.124. The average molecular weight is 353 g/mol. The molecule has 2 rings (SSSR count). The van der Waals surface area contributed by atoms with E-state index in [0.717, 1.165) is 0 Å². The zero-order valence-corrected chi connectivity index (χ0v) is 13.8. The molecule has 2 aromatic rings. The van der Waals surface area contributed by atoms with E-state index in [-0.39, 0.29) is 10.6 Å². The molecule has 0 saturated carbocycles. The first-order valence-corrected chi connectivity index (χ1v) is 7.64. The molecular formula is C16H14Cl2N2O3. The highest BCUT2D eigenvalue weighted by atomic mass is 35.5. The number of benzene rings is 1. The van der Waals surface area contributed by atoms with Crippen LogP contribution >= 0.6 is 23.2 Å². The molecule has 1 amide bonds. The fourth-order valence-corrected chi connectivity index (χ4v) is 2.16. The number of hydrogen-bond donors (Lipinski definition) is 1. The van der Waals surface area contributed by atoms with Crippen molar-refractivity contribution in [2.75, 3.05) is 5.32 Å². The molecule has 1 N–H and O–H groups in total. The second-order valence-corrected chi connectivity index (χ2v) is 5.42. The molecule has 120 valence electrons. The Morgan fingerprint density at radius 2 is 2.04 bits per heavy atom. The van der Waals surface area contributed by atoms with Crippen LogP contribution in [0.3, 0.4) is 0 Å². The van der Waals surface area contributed by atoms with Crippen LogP contribution in [0.4, 0.5) is 5.69 Å². The molecule has 0 aliphatic rings. The molecule has 1 aromatic heterocycles. The predicted molar refractivity (Wildman–Crippen MR) is 88.8 cm³/mol. The van der Waals surface area contributed by atoms with E-state index >= 15 is 0 Å². The first-order valence-electron chi connectivity index (χ1n) is 6.88. The summed E-state index contributed by atoms with van der Waals surface area (Å²) in [5.41, 5.74) is 0.639. The molecule has 1 unspecified atom stereocenters. The van der Waals surface area contributed by atoms with Gasteiger partial charge in [0.2, 0.25) is 0 Å². The number of rotatable bonds is 5. The lowest BCUT2D eigenvalue weighted by Gasteiger charge is -2.16. The monoisotopic (exact) mass is 352 g/mol. The number of aromatic nitrogens is 1. The third-order valence-electron chi connectivity index (χ3n) is 3.02. The minimum absolute atomic E-state index is 0.232. The predicted octanol–water partition coefficient (Wildman–Crippen LogP) is 3.96. The van der Waals surface area contributed by atoms with E-state index in [1.54, 1.807) is 43.5 Å². The number of hydrogen-bond acceptors (Lipinski definition) is 4. The Labute approximate surface area is 143 Å². The first kappa shape index (κ1) is 17.2. The maximum atomic E-state index is 12.3. The lowest BCUT2D eigenvalue weighted by atomic mass is 10.2. The second-order valence-electron chi connectivity index (χ2n) is 4.63. The fraction of sp³-hybridized carbons (Fsp3) is 0.188. The van der Waals surface area contributed by atoms with Gasteiger partial charge in [-0.15, -0.1) is 0 Å². The lowest BCUT2D eigenvalue weighted by Crippen LogP contribution is -2.32. The number of ether oxygens (including phenoxy) is 1. The van der Waals surface area contributed by atoms with Crippen LogP contribution in [0.1, 0.15) is 23.7 Å². The Hall–Kier alpha value is -2.11. The minimum Gasteiger partial charge on any atom is -0.449 e. The molecule has 0 aliphatic carbocycles. The Balaban J connectivity index is 2.07. The summed E-state index contributed by atoms with van der Waals surface area (Å²) in [6.45, 7) is 1.74. The van der Waals surface area contributed by atoms with Crippen LogP contribution in [0.2, 0.25) is 10.0 Å². The van der Waals surface area contributed by atoms with Gasteiger partial charge in [-0.25, -0.2) is 4.79 Å². The highest BCUT2D eigenvalue weighted by Crippen LogP contribution is 2.29. The van der Waals surface area contributed by atoms with Crippen molar-refractivity contribution in [2.45, 2.75) is 19.4 Å². The third-order valence-corrected chi connectivity index (χ3v) is 3.84. The van der Waals surface area contributed by atoms with Crippen molar-refractivity contribution in [1.82, 2.24) is 4.98 Å². The van der Waals surface area contributed by atoms with Gasteiger partial charge >= 0.3 is 5.97 Å². The second kappa shape index (κ2) is 7.94. The van der Waals surface area contributed by atoms with Gasteiger partial charge in [0.15, 0.2) is 6.10 Å². The summed E-state index contributed by atoms with van der Waals surface area (Å²) in [6.07, 6.45) is 2.29. The van der Waals surface area contributed by atoms with Gasteiger partial charge < -0.3 is 10.1 Å². The average Bonchev–Trinajstić information content (AvgIpc) is 2.57. The molecule has 1 aromatic carbocycles. The molecule has 0 spiro atoms. The number of esters is 1. The molecule has 5 nitrogen and oxygen atoms in total. The van der Waals surface area contributed by atoms with E-state index in [1.165, 1.54) is 6.20 Å². The van der Waals surface area contributed by atoms with Crippen molar-refractivity contribution in [3.8, 4) is 0 Å². The van der Waals surface area contributed by atoms with Gasteiger partial charge in [-0.2, -0.15) is 0 Å².